The molecule has 1 fully saturated rings. The Hall–Kier alpha value is -0.450. The molecule has 0 bridgehead atoms. The maximum atomic E-state index is 11.2. The largest absolute Gasteiger partial charge is 0.379 e. The normalized spacial score (nSPS) is 21.4. The first kappa shape index (κ1) is 10.6. The lowest BCUT2D eigenvalue weighted by atomic mass is 10.1. The summed E-state index contributed by atoms with van der Waals surface area (Å²) in [5.41, 5.74) is 5.73. The van der Waals surface area contributed by atoms with Crippen LogP contribution in [0, 0.1) is 0 Å². The predicted molar refractivity (Wildman–Crippen MR) is 50.5 cm³/mol. The molecule has 0 aromatic rings. The minimum Gasteiger partial charge on any atom is -0.379 e. The number of hydrogen-bond acceptors (Lipinski definition) is 4. The van der Waals surface area contributed by atoms with E-state index in [2.05, 4.69) is 4.90 Å². The van der Waals surface area contributed by atoms with E-state index in [-0.39, 0.29) is 11.8 Å². The molecule has 0 amide bonds. The Morgan fingerprint density at radius 1 is 1.54 bits per heavy atom. The highest BCUT2D eigenvalue weighted by molar-refractivity contribution is 5.83. The van der Waals surface area contributed by atoms with Gasteiger partial charge in [0.15, 0.2) is 5.78 Å². The number of morpholine rings is 1. The summed E-state index contributed by atoms with van der Waals surface area (Å²) in [7, 11) is 0. The molecule has 76 valence electrons. The van der Waals surface area contributed by atoms with Gasteiger partial charge in [-0.1, -0.05) is 6.92 Å². The van der Waals surface area contributed by atoms with Crippen molar-refractivity contribution in [1.82, 2.24) is 4.90 Å². The Morgan fingerprint density at radius 3 is 2.69 bits per heavy atom. The molecule has 4 heteroatoms. The van der Waals surface area contributed by atoms with E-state index >= 15 is 0 Å². The highest BCUT2D eigenvalue weighted by Gasteiger charge is 2.17. The Kier molecular flexibility index (Phi) is 4.35. The predicted octanol–water partition coefficient (Wildman–Crippen LogP) is -0.375. The van der Waals surface area contributed by atoms with Crippen LogP contribution in [0.15, 0.2) is 0 Å². The van der Waals surface area contributed by atoms with E-state index < -0.39 is 0 Å². The van der Waals surface area contributed by atoms with Crippen LogP contribution in [0.3, 0.4) is 0 Å². The van der Waals surface area contributed by atoms with E-state index in [0.717, 1.165) is 26.3 Å². The minimum absolute atomic E-state index is 0.145. The fraction of sp³-hybridized carbons (Fsp3) is 0.889. The van der Waals surface area contributed by atoms with E-state index in [1.54, 1.807) is 0 Å². The van der Waals surface area contributed by atoms with Gasteiger partial charge < -0.3 is 10.5 Å². The van der Waals surface area contributed by atoms with Crippen LogP contribution in [0.5, 0.6) is 0 Å². The zero-order valence-electron chi connectivity index (χ0n) is 8.16. The second-order valence-electron chi connectivity index (χ2n) is 3.34. The summed E-state index contributed by atoms with van der Waals surface area (Å²) < 4.78 is 5.20. The molecule has 2 N–H and O–H groups in total. The van der Waals surface area contributed by atoms with Crippen molar-refractivity contribution >= 4 is 5.78 Å². The van der Waals surface area contributed by atoms with Crippen molar-refractivity contribution in [2.45, 2.75) is 19.4 Å². The van der Waals surface area contributed by atoms with Gasteiger partial charge in [0.2, 0.25) is 0 Å². The van der Waals surface area contributed by atoms with Crippen LogP contribution in [0.4, 0.5) is 0 Å². The van der Waals surface area contributed by atoms with Gasteiger partial charge in [0, 0.05) is 26.1 Å². The molecule has 0 aromatic heterocycles. The topological polar surface area (TPSA) is 55.6 Å². The molecule has 1 rings (SSSR count). The third-order valence-electron chi connectivity index (χ3n) is 2.32. The summed E-state index contributed by atoms with van der Waals surface area (Å²) >= 11 is 0. The molecule has 1 atom stereocenters. The Labute approximate surface area is 79.0 Å². The maximum absolute atomic E-state index is 11.2. The van der Waals surface area contributed by atoms with Crippen LogP contribution in [0.1, 0.15) is 13.3 Å². The molecule has 1 saturated heterocycles. The number of nitrogens with two attached hydrogens (primary N) is 1. The van der Waals surface area contributed by atoms with Crippen molar-refractivity contribution in [2.75, 3.05) is 32.8 Å². The molecule has 0 radical (unpaired) electrons. The van der Waals surface area contributed by atoms with Crippen LogP contribution in [-0.2, 0) is 9.53 Å². The van der Waals surface area contributed by atoms with Gasteiger partial charge in [-0.3, -0.25) is 9.69 Å². The van der Waals surface area contributed by atoms with Crippen LogP contribution < -0.4 is 5.73 Å². The van der Waals surface area contributed by atoms with Crippen molar-refractivity contribution in [3.8, 4) is 0 Å². The number of ether oxygens (including phenoxy) is 1. The van der Waals surface area contributed by atoms with Gasteiger partial charge in [-0.05, 0) is 0 Å². The Balaban J connectivity index is 2.25. The van der Waals surface area contributed by atoms with Gasteiger partial charge in [0.25, 0.3) is 0 Å². The number of nitrogens with zero attached hydrogens (tertiary/aromatic N) is 1. The fourth-order valence-corrected chi connectivity index (χ4v) is 1.43. The van der Waals surface area contributed by atoms with Gasteiger partial charge in [-0.2, -0.15) is 0 Å². The number of carbonyl (C=O) groups excluding carboxylic acids is 1. The number of rotatable bonds is 4. The summed E-state index contributed by atoms with van der Waals surface area (Å²) in [4.78, 5) is 13.4. The lowest BCUT2D eigenvalue weighted by Crippen LogP contribution is -2.46. The summed E-state index contributed by atoms with van der Waals surface area (Å²) in [5.74, 6) is 0.145. The molecule has 4 nitrogen and oxygen atoms in total. The lowest BCUT2D eigenvalue weighted by Gasteiger charge is -2.28. The lowest BCUT2D eigenvalue weighted by molar-refractivity contribution is -0.120. The molecular weight excluding hydrogens is 168 g/mol. The van der Waals surface area contributed by atoms with Crippen molar-refractivity contribution in [3.63, 3.8) is 0 Å². The van der Waals surface area contributed by atoms with E-state index in [9.17, 15) is 4.79 Å². The average Bonchev–Trinajstić information content (AvgIpc) is 2.18. The Morgan fingerprint density at radius 2 is 2.15 bits per heavy atom. The summed E-state index contributed by atoms with van der Waals surface area (Å²) in [6.07, 6.45) is 0.533. The van der Waals surface area contributed by atoms with Gasteiger partial charge in [-0.15, -0.1) is 0 Å². The number of hydrogen-bond donors (Lipinski definition) is 1. The van der Waals surface area contributed by atoms with Crippen molar-refractivity contribution in [3.05, 3.63) is 0 Å². The first-order chi connectivity index (χ1) is 6.24. The summed E-state index contributed by atoms with van der Waals surface area (Å²) in [5, 5.41) is 0. The first-order valence-electron chi connectivity index (χ1n) is 4.82. The number of carbonyl (C=O) groups is 1. The van der Waals surface area contributed by atoms with Crippen molar-refractivity contribution in [1.29, 1.82) is 0 Å². The maximum Gasteiger partial charge on any atom is 0.150 e. The van der Waals surface area contributed by atoms with E-state index in [0.29, 0.717) is 13.0 Å². The van der Waals surface area contributed by atoms with E-state index in [1.165, 1.54) is 0 Å². The molecule has 0 aromatic carbocycles. The van der Waals surface area contributed by atoms with Gasteiger partial charge in [0.1, 0.15) is 0 Å². The second kappa shape index (κ2) is 5.32. The van der Waals surface area contributed by atoms with Crippen LogP contribution in [0.25, 0.3) is 0 Å². The smallest absolute Gasteiger partial charge is 0.150 e. The van der Waals surface area contributed by atoms with Gasteiger partial charge in [0.05, 0.1) is 19.3 Å². The highest BCUT2D eigenvalue weighted by Crippen LogP contribution is 1.99. The van der Waals surface area contributed by atoms with Crippen molar-refractivity contribution < 1.29 is 9.53 Å². The third-order valence-corrected chi connectivity index (χ3v) is 2.32. The number of ketones is 1. The monoisotopic (exact) mass is 186 g/mol. The van der Waals surface area contributed by atoms with Crippen molar-refractivity contribution in [2.24, 2.45) is 5.73 Å². The minimum atomic E-state index is -0.317. The Bertz CT molecular complexity index is 167. The molecule has 1 aliphatic heterocycles. The quantitative estimate of drug-likeness (QED) is 0.650. The molecule has 1 heterocycles. The molecule has 0 saturated carbocycles. The SMILES string of the molecule is CCC(=O)C(N)CN1CCOCC1. The molecule has 1 unspecified atom stereocenters. The van der Waals surface area contributed by atoms with Crippen LogP contribution >= 0.6 is 0 Å². The van der Waals surface area contributed by atoms with Crippen LogP contribution in [0.2, 0.25) is 0 Å². The highest BCUT2D eigenvalue weighted by atomic mass is 16.5. The van der Waals surface area contributed by atoms with E-state index in [1.807, 2.05) is 6.92 Å². The second-order valence-corrected chi connectivity index (χ2v) is 3.34. The summed E-state index contributed by atoms with van der Waals surface area (Å²) in [6.45, 7) is 5.83. The van der Waals surface area contributed by atoms with Gasteiger partial charge >= 0.3 is 0 Å². The summed E-state index contributed by atoms with van der Waals surface area (Å²) in [6, 6.07) is -0.317. The number of Topliss-reactive ketones (excluding diaryl/α,β-unsaturated/α-hetero) is 1. The molecular formula is C9H18N2O2. The van der Waals surface area contributed by atoms with E-state index in [4.69, 9.17) is 10.5 Å². The first-order valence-corrected chi connectivity index (χ1v) is 4.82. The van der Waals surface area contributed by atoms with Gasteiger partial charge in [-0.25, -0.2) is 0 Å². The zero-order valence-corrected chi connectivity index (χ0v) is 8.16. The van der Waals surface area contributed by atoms with Crippen LogP contribution in [-0.4, -0.2) is 49.6 Å². The molecule has 13 heavy (non-hydrogen) atoms. The molecule has 1 aliphatic rings. The molecule has 0 spiro atoms. The average molecular weight is 186 g/mol. The standard InChI is InChI=1S/C9H18N2O2/c1-2-9(12)8(10)7-11-3-5-13-6-4-11/h8H,2-7,10H2,1H3. The fourth-order valence-electron chi connectivity index (χ4n) is 1.43. The molecule has 0 aliphatic carbocycles. The zero-order chi connectivity index (χ0) is 9.68. The third kappa shape index (κ3) is 3.42.